The maximum Gasteiger partial charge on any atom is 0.228 e. The molecule has 2 aliphatic heterocycles. The Labute approximate surface area is 206 Å². The van der Waals surface area contributed by atoms with Gasteiger partial charge in [0.2, 0.25) is 11.8 Å². The Balaban J connectivity index is 1.26. The van der Waals surface area contributed by atoms with Gasteiger partial charge in [0.15, 0.2) is 0 Å². The summed E-state index contributed by atoms with van der Waals surface area (Å²) < 4.78 is 5.65. The van der Waals surface area contributed by atoms with E-state index in [0.29, 0.717) is 32.6 Å². The number of phenols is 1. The molecule has 3 N–H and O–H groups in total. The number of nitrogens with zero attached hydrogens (tertiary/aromatic N) is 1. The van der Waals surface area contributed by atoms with Crippen molar-refractivity contribution in [1.82, 2.24) is 10.2 Å². The quantitative estimate of drug-likeness (QED) is 0.570. The van der Waals surface area contributed by atoms with E-state index in [1.807, 2.05) is 18.2 Å². The molecular formula is C28H35N3O4. The van der Waals surface area contributed by atoms with Crippen molar-refractivity contribution >= 4 is 17.5 Å². The number of hydrogen-bond acceptors (Lipinski definition) is 5. The lowest BCUT2D eigenvalue weighted by Crippen LogP contribution is -2.49. The highest BCUT2D eigenvalue weighted by atomic mass is 16.5. The van der Waals surface area contributed by atoms with Crippen molar-refractivity contribution in [2.24, 2.45) is 11.8 Å². The number of anilines is 1. The number of hydrogen-bond donors (Lipinski definition) is 3. The van der Waals surface area contributed by atoms with Crippen molar-refractivity contribution in [2.75, 3.05) is 31.6 Å². The molecule has 7 heteroatoms. The summed E-state index contributed by atoms with van der Waals surface area (Å²) in [4.78, 5) is 28.6. The monoisotopic (exact) mass is 477 g/mol. The fourth-order valence-electron chi connectivity index (χ4n) is 5.62. The Bertz CT molecular complexity index is 1050. The second-order valence-corrected chi connectivity index (χ2v) is 10.2. The van der Waals surface area contributed by atoms with Crippen LogP contribution in [0.3, 0.4) is 0 Å². The van der Waals surface area contributed by atoms with E-state index in [-0.39, 0.29) is 35.5 Å². The zero-order valence-corrected chi connectivity index (χ0v) is 20.2. The molecule has 0 saturated carbocycles. The normalized spacial score (nSPS) is 24.2. The molecule has 7 nitrogen and oxygen atoms in total. The molecule has 186 valence electrons. The number of piperidine rings is 1. The van der Waals surface area contributed by atoms with Crippen LogP contribution in [0.25, 0.3) is 0 Å². The number of carbonyl (C=O) groups is 2. The second-order valence-electron chi connectivity index (χ2n) is 10.2. The van der Waals surface area contributed by atoms with Crippen LogP contribution in [0.5, 0.6) is 5.75 Å². The predicted molar refractivity (Wildman–Crippen MR) is 134 cm³/mol. The number of amides is 2. The number of fused-ring (bicyclic) bond motifs is 1. The molecule has 2 saturated heterocycles. The number of aromatic hydroxyl groups is 1. The third-order valence-corrected chi connectivity index (χ3v) is 7.50. The third-order valence-electron chi connectivity index (χ3n) is 7.50. The number of aryl methyl sites for hydroxylation is 2. The van der Waals surface area contributed by atoms with E-state index in [0.717, 1.165) is 43.5 Å². The van der Waals surface area contributed by atoms with Gasteiger partial charge < -0.3 is 20.5 Å². The molecule has 0 bridgehead atoms. The molecule has 35 heavy (non-hydrogen) atoms. The van der Waals surface area contributed by atoms with Gasteiger partial charge >= 0.3 is 0 Å². The maximum atomic E-state index is 13.3. The van der Waals surface area contributed by atoms with Crippen molar-refractivity contribution in [1.29, 1.82) is 0 Å². The Hall–Kier alpha value is -2.90. The van der Waals surface area contributed by atoms with Gasteiger partial charge in [-0.15, -0.1) is 0 Å². The fourth-order valence-corrected chi connectivity index (χ4v) is 5.62. The molecule has 2 aromatic rings. The number of phenolic OH excluding ortho intramolecular Hbond substituents is 1. The van der Waals surface area contributed by atoms with E-state index in [2.05, 4.69) is 27.7 Å². The number of benzene rings is 2. The minimum atomic E-state index is -0.285. The average Bonchev–Trinajstić information content (AvgIpc) is 3.55. The molecule has 0 aromatic heterocycles. The van der Waals surface area contributed by atoms with Gasteiger partial charge in [0.25, 0.3) is 0 Å². The van der Waals surface area contributed by atoms with Crippen LogP contribution in [-0.4, -0.2) is 54.2 Å². The zero-order valence-electron chi connectivity index (χ0n) is 20.2. The first-order chi connectivity index (χ1) is 17.0. The molecule has 0 unspecified atom stereocenters. The summed E-state index contributed by atoms with van der Waals surface area (Å²) in [7, 11) is 0. The van der Waals surface area contributed by atoms with Crippen molar-refractivity contribution in [3.63, 3.8) is 0 Å². The van der Waals surface area contributed by atoms with E-state index in [1.54, 1.807) is 12.1 Å². The van der Waals surface area contributed by atoms with Gasteiger partial charge in [-0.2, -0.15) is 0 Å². The molecule has 2 aromatic carbocycles. The largest absolute Gasteiger partial charge is 0.508 e. The smallest absolute Gasteiger partial charge is 0.228 e. The summed E-state index contributed by atoms with van der Waals surface area (Å²) >= 11 is 0. The van der Waals surface area contributed by atoms with Crippen LogP contribution in [0, 0.1) is 11.8 Å². The number of ether oxygens (including phenoxy) is 1. The molecule has 2 heterocycles. The molecule has 3 aliphatic rings. The second kappa shape index (κ2) is 10.8. The van der Waals surface area contributed by atoms with Crippen molar-refractivity contribution < 1.29 is 19.4 Å². The SMILES string of the molecule is O=C(NC[C@H]1CCCO1)[C@H]1C[C@@H](C(=O)Nc2ccc3c(c2)CCC3)CN(Cc2ccc(O)cc2)C1. The Kier molecular flexibility index (Phi) is 7.35. The van der Waals surface area contributed by atoms with E-state index < -0.39 is 0 Å². The van der Waals surface area contributed by atoms with Crippen LogP contribution in [0.4, 0.5) is 5.69 Å². The fraction of sp³-hybridized carbons (Fsp3) is 0.500. The minimum absolute atomic E-state index is 0.00811. The number of carbonyl (C=O) groups excluding carboxylic acids is 2. The number of likely N-dealkylation sites (tertiary alicyclic amines) is 1. The van der Waals surface area contributed by atoms with E-state index in [9.17, 15) is 14.7 Å². The van der Waals surface area contributed by atoms with Crippen molar-refractivity contribution in [3.8, 4) is 5.75 Å². The lowest BCUT2D eigenvalue weighted by Gasteiger charge is -2.36. The highest BCUT2D eigenvalue weighted by Crippen LogP contribution is 2.28. The van der Waals surface area contributed by atoms with Crippen molar-refractivity contribution in [2.45, 2.75) is 51.2 Å². The number of nitrogens with one attached hydrogen (secondary N) is 2. The van der Waals surface area contributed by atoms with Crippen LogP contribution in [0.15, 0.2) is 42.5 Å². The van der Waals surface area contributed by atoms with Crippen LogP contribution >= 0.6 is 0 Å². The highest BCUT2D eigenvalue weighted by Gasteiger charge is 2.35. The van der Waals surface area contributed by atoms with E-state index >= 15 is 0 Å². The lowest BCUT2D eigenvalue weighted by atomic mass is 9.87. The standard InChI is InChI=1S/C28H35N3O4/c32-25-10-6-19(7-11-25)16-31-17-22(27(33)29-15-26-5-2-12-35-26)13-23(18-31)28(34)30-24-9-8-20-3-1-4-21(20)14-24/h6-11,14,22-23,26,32H,1-5,12-13,15-18H2,(H,29,33)(H,30,34)/t22-,23+,26+/m0/s1. The van der Waals surface area contributed by atoms with Crippen LogP contribution in [-0.2, 0) is 33.7 Å². The Morgan fingerprint density at radius 1 is 0.971 bits per heavy atom. The molecule has 0 spiro atoms. The molecule has 2 amide bonds. The van der Waals surface area contributed by atoms with Crippen LogP contribution in [0.1, 0.15) is 42.4 Å². The van der Waals surface area contributed by atoms with Gasteiger partial charge in [-0.3, -0.25) is 14.5 Å². The van der Waals surface area contributed by atoms with Gasteiger partial charge in [0, 0.05) is 38.5 Å². The first-order valence-corrected chi connectivity index (χ1v) is 12.9. The number of rotatable bonds is 7. The Morgan fingerprint density at radius 2 is 1.74 bits per heavy atom. The molecular weight excluding hydrogens is 442 g/mol. The highest BCUT2D eigenvalue weighted by molar-refractivity contribution is 5.93. The summed E-state index contributed by atoms with van der Waals surface area (Å²) in [5, 5.41) is 15.8. The molecule has 3 atom stereocenters. The van der Waals surface area contributed by atoms with Gasteiger partial charge in [0.05, 0.1) is 17.9 Å². The van der Waals surface area contributed by atoms with Gasteiger partial charge in [0.1, 0.15) is 5.75 Å². The van der Waals surface area contributed by atoms with Crippen molar-refractivity contribution in [3.05, 3.63) is 59.2 Å². The maximum absolute atomic E-state index is 13.3. The summed E-state index contributed by atoms with van der Waals surface area (Å²) in [6, 6.07) is 13.3. The molecule has 1 aliphatic carbocycles. The van der Waals surface area contributed by atoms with Crippen LogP contribution in [0.2, 0.25) is 0 Å². The third kappa shape index (κ3) is 6.03. The van der Waals surface area contributed by atoms with E-state index in [4.69, 9.17) is 4.74 Å². The van der Waals surface area contributed by atoms with E-state index in [1.165, 1.54) is 17.5 Å². The van der Waals surface area contributed by atoms with Gasteiger partial charge in [-0.25, -0.2) is 0 Å². The first-order valence-electron chi connectivity index (χ1n) is 12.9. The van der Waals surface area contributed by atoms with Crippen LogP contribution < -0.4 is 10.6 Å². The molecule has 0 radical (unpaired) electrons. The minimum Gasteiger partial charge on any atom is -0.508 e. The average molecular weight is 478 g/mol. The molecule has 2 fully saturated rings. The molecule has 5 rings (SSSR count). The Morgan fingerprint density at radius 3 is 2.51 bits per heavy atom. The summed E-state index contributed by atoms with van der Waals surface area (Å²) in [5.74, 6) is -0.363. The van der Waals surface area contributed by atoms with Gasteiger partial charge in [-0.05, 0) is 79.5 Å². The lowest BCUT2D eigenvalue weighted by molar-refractivity contribution is -0.130. The van der Waals surface area contributed by atoms with Gasteiger partial charge in [-0.1, -0.05) is 18.2 Å². The zero-order chi connectivity index (χ0) is 24.2. The summed E-state index contributed by atoms with van der Waals surface area (Å²) in [5.41, 5.74) is 4.59. The summed E-state index contributed by atoms with van der Waals surface area (Å²) in [6.07, 6.45) is 5.98. The topological polar surface area (TPSA) is 90.9 Å². The predicted octanol–water partition coefficient (Wildman–Crippen LogP) is 3.25. The first kappa shape index (κ1) is 23.8. The summed E-state index contributed by atoms with van der Waals surface area (Å²) in [6.45, 7) is 3.10.